The van der Waals surface area contributed by atoms with Gasteiger partial charge in [-0.3, -0.25) is 5.32 Å². The number of benzene rings is 1. The van der Waals surface area contributed by atoms with Crippen LogP contribution in [0.1, 0.15) is 37.7 Å². The number of hydrogen-bond acceptors (Lipinski definition) is 3. The highest BCUT2D eigenvalue weighted by atomic mass is 19.4. The van der Waals surface area contributed by atoms with Gasteiger partial charge in [-0.25, -0.2) is 4.79 Å². The van der Waals surface area contributed by atoms with Gasteiger partial charge < -0.3 is 10.0 Å². The molecule has 0 spiro atoms. The summed E-state index contributed by atoms with van der Waals surface area (Å²) >= 11 is 0. The van der Waals surface area contributed by atoms with Crippen molar-refractivity contribution >= 4 is 11.7 Å². The van der Waals surface area contributed by atoms with Crippen LogP contribution >= 0.6 is 0 Å². The van der Waals surface area contributed by atoms with Gasteiger partial charge in [-0.2, -0.15) is 13.2 Å². The number of halogens is 3. The van der Waals surface area contributed by atoms with Crippen LogP contribution in [0.4, 0.5) is 18.9 Å². The SMILES string of the molecule is O=C(O)C1=CC=CN(c2cccc(C(F)(F)F)c2)C1NCC1CCCCC1. The monoisotopic (exact) mass is 380 g/mol. The first-order chi connectivity index (χ1) is 12.9. The first-order valence-electron chi connectivity index (χ1n) is 9.17. The van der Waals surface area contributed by atoms with Crippen molar-refractivity contribution in [2.45, 2.75) is 44.4 Å². The van der Waals surface area contributed by atoms with Crippen molar-refractivity contribution in [1.82, 2.24) is 5.32 Å². The Labute approximate surface area is 156 Å². The van der Waals surface area contributed by atoms with Gasteiger partial charge in [0.2, 0.25) is 0 Å². The molecular formula is C20H23F3N2O2. The molecule has 1 fully saturated rings. The van der Waals surface area contributed by atoms with E-state index in [1.165, 1.54) is 18.6 Å². The molecule has 0 radical (unpaired) electrons. The van der Waals surface area contributed by atoms with Crippen molar-refractivity contribution in [1.29, 1.82) is 0 Å². The zero-order valence-corrected chi connectivity index (χ0v) is 14.9. The average molecular weight is 380 g/mol. The maximum atomic E-state index is 13.1. The molecule has 2 aliphatic rings. The second kappa shape index (κ2) is 8.17. The van der Waals surface area contributed by atoms with E-state index in [0.29, 0.717) is 18.2 Å². The molecule has 0 saturated heterocycles. The van der Waals surface area contributed by atoms with Gasteiger partial charge in [0.1, 0.15) is 6.17 Å². The van der Waals surface area contributed by atoms with Crippen molar-refractivity contribution < 1.29 is 23.1 Å². The molecule has 1 saturated carbocycles. The smallest absolute Gasteiger partial charge is 0.416 e. The fraction of sp³-hybridized carbons (Fsp3) is 0.450. The van der Waals surface area contributed by atoms with E-state index in [9.17, 15) is 23.1 Å². The number of carbonyl (C=O) groups is 1. The number of nitrogens with one attached hydrogen (secondary N) is 1. The number of rotatable bonds is 5. The fourth-order valence-corrected chi connectivity index (χ4v) is 3.71. The quantitative estimate of drug-likeness (QED) is 0.787. The molecule has 1 atom stereocenters. The molecule has 4 nitrogen and oxygen atoms in total. The first kappa shape index (κ1) is 19.5. The Kier molecular flexibility index (Phi) is 5.89. The average Bonchev–Trinajstić information content (AvgIpc) is 2.66. The number of anilines is 1. The van der Waals surface area contributed by atoms with Gasteiger partial charge in [-0.15, -0.1) is 0 Å². The van der Waals surface area contributed by atoms with Crippen LogP contribution in [0.3, 0.4) is 0 Å². The summed E-state index contributed by atoms with van der Waals surface area (Å²) in [6.07, 6.45) is 5.21. The van der Waals surface area contributed by atoms with Crippen LogP contribution in [0.2, 0.25) is 0 Å². The lowest BCUT2D eigenvalue weighted by Crippen LogP contribution is -2.49. The van der Waals surface area contributed by atoms with Gasteiger partial charge >= 0.3 is 12.1 Å². The summed E-state index contributed by atoms with van der Waals surface area (Å²) < 4.78 is 39.2. The largest absolute Gasteiger partial charge is 0.478 e. The van der Waals surface area contributed by atoms with Gasteiger partial charge in [-0.05, 0) is 49.1 Å². The summed E-state index contributed by atoms with van der Waals surface area (Å²) in [7, 11) is 0. The van der Waals surface area contributed by atoms with Crippen LogP contribution in [0.15, 0.2) is 48.2 Å². The van der Waals surface area contributed by atoms with Crippen LogP contribution in [0.25, 0.3) is 0 Å². The number of nitrogens with zero attached hydrogens (tertiary/aromatic N) is 1. The summed E-state index contributed by atoms with van der Waals surface area (Å²) in [5.41, 5.74) is -0.342. The Bertz CT molecular complexity index is 737. The highest BCUT2D eigenvalue weighted by Crippen LogP contribution is 2.33. The number of carboxylic acid groups (broad SMARTS) is 1. The topological polar surface area (TPSA) is 52.6 Å². The fourth-order valence-electron chi connectivity index (χ4n) is 3.71. The minimum Gasteiger partial charge on any atom is -0.478 e. The molecule has 146 valence electrons. The van der Waals surface area contributed by atoms with Crippen molar-refractivity contribution in [3.63, 3.8) is 0 Å². The molecule has 1 aliphatic carbocycles. The minimum absolute atomic E-state index is 0.116. The lowest BCUT2D eigenvalue weighted by Gasteiger charge is -2.35. The van der Waals surface area contributed by atoms with E-state index in [4.69, 9.17) is 0 Å². The summed E-state index contributed by atoms with van der Waals surface area (Å²) in [5.74, 6) is -0.625. The number of carboxylic acids is 1. The van der Waals surface area contributed by atoms with E-state index in [0.717, 1.165) is 37.8 Å². The third kappa shape index (κ3) is 4.71. The van der Waals surface area contributed by atoms with E-state index >= 15 is 0 Å². The Morgan fingerprint density at radius 2 is 1.96 bits per heavy atom. The van der Waals surface area contributed by atoms with Crippen LogP contribution in [-0.2, 0) is 11.0 Å². The molecule has 3 rings (SSSR count). The number of hydrogen-bond donors (Lipinski definition) is 2. The second-order valence-electron chi connectivity index (χ2n) is 7.04. The van der Waals surface area contributed by atoms with Gasteiger partial charge in [0.05, 0.1) is 11.1 Å². The Morgan fingerprint density at radius 3 is 2.63 bits per heavy atom. The highest BCUT2D eigenvalue weighted by molar-refractivity contribution is 5.90. The highest BCUT2D eigenvalue weighted by Gasteiger charge is 2.33. The molecule has 0 amide bonds. The third-order valence-electron chi connectivity index (χ3n) is 5.14. The Balaban J connectivity index is 1.84. The molecule has 27 heavy (non-hydrogen) atoms. The van der Waals surface area contributed by atoms with E-state index in [-0.39, 0.29) is 5.57 Å². The van der Waals surface area contributed by atoms with E-state index < -0.39 is 23.9 Å². The van der Waals surface area contributed by atoms with Crippen molar-refractivity contribution in [2.75, 3.05) is 11.4 Å². The number of alkyl halides is 3. The normalized spacial score (nSPS) is 21.2. The Hall–Kier alpha value is -2.28. The van der Waals surface area contributed by atoms with Crippen LogP contribution in [0, 0.1) is 5.92 Å². The van der Waals surface area contributed by atoms with E-state index in [2.05, 4.69) is 5.32 Å². The van der Waals surface area contributed by atoms with Crippen LogP contribution in [0.5, 0.6) is 0 Å². The summed E-state index contributed by atoms with van der Waals surface area (Å²) in [5, 5.41) is 12.8. The predicted octanol–water partition coefficient (Wildman–Crippen LogP) is 4.55. The van der Waals surface area contributed by atoms with Gasteiger partial charge in [0.25, 0.3) is 0 Å². The molecule has 1 aliphatic heterocycles. The summed E-state index contributed by atoms with van der Waals surface area (Å²) in [4.78, 5) is 13.2. The van der Waals surface area contributed by atoms with Crippen LogP contribution < -0.4 is 10.2 Å². The molecule has 0 aromatic heterocycles. The van der Waals surface area contributed by atoms with E-state index in [1.54, 1.807) is 23.2 Å². The third-order valence-corrected chi connectivity index (χ3v) is 5.14. The second-order valence-corrected chi connectivity index (χ2v) is 7.04. The van der Waals surface area contributed by atoms with Gasteiger partial charge in [0, 0.05) is 18.4 Å². The van der Waals surface area contributed by atoms with Crippen molar-refractivity contribution in [3.05, 3.63) is 53.8 Å². The maximum absolute atomic E-state index is 13.1. The minimum atomic E-state index is -4.45. The molecule has 0 bridgehead atoms. The summed E-state index contributed by atoms with van der Waals surface area (Å²) in [6.45, 7) is 0.637. The van der Waals surface area contributed by atoms with Crippen molar-refractivity contribution in [2.24, 2.45) is 5.92 Å². The molecule has 1 unspecified atom stereocenters. The Morgan fingerprint density at radius 1 is 1.22 bits per heavy atom. The lowest BCUT2D eigenvalue weighted by molar-refractivity contribution is -0.137. The molecule has 7 heteroatoms. The standard InChI is InChI=1S/C20H23F3N2O2/c21-20(22,23)15-8-4-9-16(12-15)25-11-5-10-17(19(26)27)18(25)24-13-14-6-2-1-3-7-14/h4-5,8-12,14,18,24H,1-3,6-7,13H2,(H,26,27). The van der Waals surface area contributed by atoms with Crippen molar-refractivity contribution in [3.8, 4) is 0 Å². The molecule has 1 aromatic carbocycles. The number of allylic oxidation sites excluding steroid dienone is 2. The summed E-state index contributed by atoms with van der Waals surface area (Å²) in [6, 6.07) is 4.95. The predicted molar refractivity (Wildman–Crippen MR) is 97.1 cm³/mol. The zero-order chi connectivity index (χ0) is 19.4. The maximum Gasteiger partial charge on any atom is 0.416 e. The number of aliphatic carboxylic acids is 1. The molecule has 1 heterocycles. The lowest BCUT2D eigenvalue weighted by atomic mass is 9.89. The molecule has 1 aromatic rings. The van der Waals surface area contributed by atoms with Gasteiger partial charge in [0.15, 0.2) is 0 Å². The first-order valence-corrected chi connectivity index (χ1v) is 9.17. The molecular weight excluding hydrogens is 357 g/mol. The van der Waals surface area contributed by atoms with E-state index in [1.807, 2.05) is 0 Å². The zero-order valence-electron chi connectivity index (χ0n) is 14.9. The van der Waals surface area contributed by atoms with Crippen LogP contribution in [-0.4, -0.2) is 23.8 Å². The molecule has 2 N–H and O–H groups in total. The van der Waals surface area contributed by atoms with Gasteiger partial charge in [-0.1, -0.05) is 25.3 Å².